The van der Waals surface area contributed by atoms with Crippen molar-refractivity contribution in [2.45, 2.75) is 51.0 Å². The highest BCUT2D eigenvalue weighted by molar-refractivity contribution is 6.01. The molecule has 3 atom stereocenters. The van der Waals surface area contributed by atoms with E-state index in [9.17, 15) is 19.5 Å². The Morgan fingerprint density at radius 1 is 1.16 bits per heavy atom. The summed E-state index contributed by atoms with van der Waals surface area (Å²) in [4.78, 5) is 45.2. The molecule has 1 fully saturated rings. The first-order chi connectivity index (χ1) is 20.9. The number of methoxy groups -OCH3 is 1. The van der Waals surface area contributed by atoms with E-state index in [1.54, 1.807) is 4.90 Å². The molecule has 3 N–H and O–H groups in total. The first-order valence-electron chi connectivity index (χ1n) is 15.2. The molecule has 0 aliphatic carbocycles. The molecule has 1 saturated heterocycles. The van der Waals surface area contributed by atoms with Crippen LogP contribution in [0.4, 0.5) is 5.69 Å². The Hall–Kier alpha value is -3.83. The number of carbonyl (C=O) groups is 3. The molecule has 0 aromatic heterocycles. The monoisotopic (exact) mass is 594 g/mol. The average molecular weight is 595 g/mol. The quantitative estimate of drug-likeness (QED) is 0.339. The van der Waals surface area contributed by atoms with Crippen molar-refractivity contribution in [2.24, 2.45) is 11.7 Å². The Bertz CT molecular complexity index is 1330. The van der Waals surface area contributed by atoms with Crippen LogP contribution in [-0.4, -0.2) is 91.9 Å². The lowest BCUT2D eigenvalue weighted by Crippen LogP contribution is -2.46. The van der Waals surface area contributed by atoms with Gasteiger partial charge in [0.15, 0.2) is 11.5 Å². The van der Waals surface area contributed by atoms with Crippen LogP contribution < -0.4 is 24.8 Å². The number of likely N-dealkylation sites (tertiary alicyclic amines) is 1. The molecule has 0 radical (unpaired) electrons. The number of hydrogen-bond donors (Lipinski definition) is 2. The molecular weight excluding hydrogens is 552 g/mol. The van der Waals surface area contributed by atoms with E-state index in [-0.39, 0.29) is 25.2 Å². The predicted molar refractivity (Wildman–Crippen MR) is 161 cm³/mol. The van der Waals surface area contributed by atoms with Gasteiger partial charge < -0.3 is 34.9 Å². The van der Waals surface area contributed by atoms with Gasteiger partial charge in [0.25, 0.3) is 0 Å². The number of nitrogens with two attached hydrogens (primary N) is 1. The summed E-state index contributed by atoms with van der Waals surface area (Å²) >= 11 is 0. The zero-order valence-electron chi connectivity index (χ0n) is 25.0. The van der Waals surface area contributed by atoms with Crippen molar-refractivity contribution in [1.29, 1.82) is 0 Å². The van der Waals surface area contributed by atoms with E-state index in [1.807, 2.05) is 46.2 Å². The van der Waals surface area contributed by atoms with Crippen molar-refractivity contribution in [3.63, 3.8) is 0 Å². The van der Waals surface area contributed by atoms with Gasteiger partial charge in [0, 0.05) is 43.8 Å². The van der Waals surface area contributed by atoms with Crippen molar-refractivity contribution in [3.8, 4) is 17.2 Å². The zero-order valence-corrected chi connectivity index (χ0v) is 25.0. The van der Waals surface area contributed by atoms with Crippen LogP contribution in [0.5, 0.6) is 17.2 Å². The second-order valence-electron chi connectivity index (χ2n) is 11.4. The lowest BCUT2D eigenvalue weighted by atomic mass is 9.84. The van der Waals surface area contributed by atoms with Crippen LogP contribution in [0.2, 0.25) is 0 Å². The number of aliphatic carboxylic acids is 1. The maximum absolute atomic E-state index is 13.7. The number of anilines is 1. The minimum Gasteiger partial charge on any atom is -0.493 e. The van der Waals surface area contributed by atoms with Crippen molar-refractivity contribution >= 4 is 23.5 Å². The maximum atomic E-state index is 13.7. The highest BCUT2D eigenvalue weighted by Gasteiger charge is 2.48. The smallest absolute Gasteiger partial charge is 0.308 e. The second-order valence-corrected chi connectivity index (χ2v) is 11.4. The number of amides is 2. The number of para-hydroxylation sites is 1. The van der Waals surface area contributed by atoms with E-state index in [1.165, 1.54) is 7.11 Å². The fourth-order valence-electron chi connectivity index (χ4n) is 6.64. The van der Waals surface area contributed by atoms with E-state index in [4.69, 9.17) is 19.9 Å². The molecule has 0 bridgehead atoms. The number of unbranched alkanes of at least 4 members (excludes halogenated alkanes) is 1. The largest absolute Gasteiger partial charge is 0.493 e. The molecule has 3 aliphatic heterocycles. The van der Waals surface area contributed by atoms with Crippen molar-refractivity contribution in [3.05, 3.63) is 47.5 Å². The fourth-order valence-corrected chi connectivity index (χ4v) is 6.64. The topological polar surface area (TPSA) is 135 Å². The molecule has 11 heteroatoms. The molecule has 5 rings (SSSR count). The van der Waals surface area contributed by atoms with E-state index < -0.39 is 23.8 Å². The molecule has 2 aromatic rings. The number of nitrogens with zero attached hydrogens (tertiary/aromatic N) is 3. The SMILES string of the molecule is CCCCN(CCCN)C(=O)CN1CC(c2cc(OC)c3c(c2)OCO3)C(C(=O)O)C1CCN1C(=O)Cc2ccccc21. The summed E-state index contributed by atoms with van der Waals surface area (Å²) in [5, 5.41) is 10.6. The Balaban J connectivity index is 1.45. The van der Waals surface area contributed by atoms with Gasteiger partial charge in [0.1, 0.15) is 0 Å². The summed E-state index contributed by atoms with van der Waals surface area (Å²) in [7, 11) is 1.54. The summed E-state index contributed by atoms with van der Waals surface area (Å²) in [6.07, 6.45) is 3.28. The molecular formula is C32H42N4O7. The van der Waals surface area contributed by atoms with E-state index in [0.29, 0.717) is 69.2 Å². The van der Waals surface area contributed by atoms with Crippen molar-refractivity contribution in [2.75, 3.05) is 58.1 Å². The zero-order chi connectivity index (χ0) is 30.5. The number of rotatable bonds is 14. The van der Waals surface area contributed by atoms with Crippen LogP contribution in [0.3, 0.4) is 0 Å². The summed E-state index contributed by atoms with van der Waals surface area (Å²) in [5.74, 6) is -0.755. The number of carbonyl (C=O) groups excluding carboxylic acids is 2. The summed E-state index contributed by atoms with van der Waals surface area (Å²) in [6.45, 7) is 4.65. The van der Waals surface area contributed by atoms with Gasteiger partial charge in [0.2, 0.25) is 24.4 Å². The lowest BCUT2D eigenvalue weighted by molar-refractivity contribution is -0.143. The van der Waals surface area contributed by atoms with Gasteiger partial charge in [-0.15, -0.1) is 0 Å². The van der Waals surface area contributed by atoms with Crippen LogP contribution in [0.15, 0.2) is 36.4 Å². The molecule has 3 unspecified atom stereocenters. The Morgan fingerprint density at radius 2 is 1.95 bits per heavy atom. The molecule has 3 aliphatic rings. The molecule has 11 nitrogen and oxygen atoms in total. The third kappa shape index (κ3) is 6.42. The standard InChI is InChI=1S/C32H42N4O7/c1-3-4-12-34(13-7-11-33)29(38)19-35-18-23(22-15-26(41-2)31-27(16-22)42-20-43-31)30(32(39)40)25(35)10-14-36-24-9-6-5-8-21(24)17-28(36)37/h5-6,8-9,15-16,23,25,30H,3-4,7,10-14,17-20,33H2,1-2H3,(H,39,40). The highest BCUT2D eigenvalue weighted by Crippen LogP contribution is 2.47. The van der Waals surface area contributed by atoms with Gasteiger partial charge in [0.05, 0.1) is 26.0 Å². The van der Waals surface area contributed by atoms with Gasteiger partial charge in [-0.25, -0.2) is 0 Å². The first kappa shape index (κ1) is 30.6. The van der Waals surface area contributed by atoms with Gasteiger partial charge in [-0.05, 0) is 55.1 Å². The van der Waals surface area contributed by atoms with Gasteiger partial charge >= 0.3 is 5.97 Å². The molecule has 0 spiro atoms. The Kier molecular flexibility index (Phi) is 9.72. The number of benzene rings is 2. The fraction of sp³-hybridized carbons (Fsp3) is 0.531. The van der Waals surface area contributed by atoms with Crippen LogP contribution in [0.25, 0.3) is 0 Å². The summed E-state index contributed by atoms with van der Waals surface area (Å²) in [5.41, 5.74) is 8.34. The van der Waals surface area contributed by atoms with Gasteiger partial charge in [-0.3, -0.25) is 19.3 Å². The van der Waals surface area contributed by atoms with Crippen molar-refractivity contribution in [1.82, 2.24) is 9.80 Å². The number of carboxylic acids is 1. The van der Waals surface area contributed by atoms with Crippen molar-refractivity contribution < 1.29 is 33.7 Å². The maximum Gasteiger partial charge on any atom is 0.308 e. The third-order valence-corrected chi connectivity index (χ3v) is 8.82. The van der Waals surface area contributed by atoms with E-state index >= 15 is 0 Å². The van der Waals surface area contributed by atoms with E-state index in [0.717, 1.165) is 29.7 Å². The molecule has 2 amide bonds. The number of carboxylic acid groups (broad SMARTS) is 1. The van der Waals surface area contributed by atoms with Gasteiger partial charge in [-0.1, -0.05) is 31.5 Å². The number of fused-ring (bicyclic) bond motifs is 2. The van der Waals surface area contributed by atoms with Crippen LogP contribution >= 0.6 is 0 Å². The van der Waals surface area contributed by atoms with Crippen LogP contribution in [0.1, 0.15) is 49.7 Å². The predicted octanol–water partition coefficient (Wildman–Crippen LogP) is 2.85. The highest BCUT2D eigenvalue weighted by atomic mass is 16.7. The first-order valence-corrected chi connectivity index (χ1v) is 15.2. The molecule has 232 valence electrons. The Labute approximate surface area is 252 Å². The normalized spacial score (nSPS) is 20.9. The molecule has 0 saturated carbocycles. The average Bonchev–Trinajstić information content (AvgIpc) is 3.70. The minimum atomic E-state index is -0.944. The van der Waals surface area contributed by atoms with Gasteiger partial charge in [-0.2, -0.15) is 0 Å². The summed E-state index contributed by atoms with van der Waals surface area (Å²) in [6, 6.07) is 10.8. The molecule has 43 heavy (non-hydrogen) atoms. The van der Waals surface area contributed by atoms with Crippen LogP contribution in [0, 0.1) is 5.92 Å². The second kappa shape index (κ2) is 13.6. The third-order valence-electron chi connectivity index (χ3n) is 8.82. The Morgan fingerprint density at radius 3 is 2.70 bits per heavy atom. The molecule has 2 aromatic carbocycles. The van der Waals surface area contributed by atoms with E-state index in [2.05, 4.69) is 6.92 Å². The lowest BCUT2D eigenvalue weighted by Gasteiger charge is -2.31. The summed E-state index contributed by atoms with van der Waals surface area (Å²) < 4.78 is 16.8. The number of hydrogen-bond acceptors (Lipinski definition) is 8. The number of ether oxygens (including phenoxy) is 3. The minimum absolute atomic E-state index is 0.00159. The molecule has 3 heterocycles. The van der Waals surface area contributed by atoms with Crippen LogP contribution in [-0.2, 0) is 20.8 Å².